The lowest BCUT2D eigenvalue weighted by Crippen LogP contribution is -2.39. The van der Waals surface area contributed by atoms with Gasteiger partial charge in [0.2, 0.25) is 0 Å². The predicted molar refractivity (Wildman–Crippen MR) is 79.4 cm³/mol. The summed E-state index contributed by atoms with van der Waals surface area (Å²) in [6.07, 6.45) is 2.57. The Balaban J connectivity index is 2.12. The molecule has 3 nitrogen and oxygen atoms in total. The lowest BCUT2D eigenvalue weighted by molar-refractivity contribution is 0.270. The van der Waals surface area contributed by atoms with Crippen molar-refractivity contribution >= 4 is 5.69 Å². The summed E-state index contributed by atoms with van der Waals surface area (Å²) in [4.78, 5) is 4.77. The van der Waals surface area contributed by atoms with Crippen LogP contribution < -0.4 is 4.90 Å². The van der Waals surface area contributed by atoms with E-state index in [0.717, 1.165) is 29.9 Å². The van der Waals surface area contributed by atoms with Crippen LogP contribution in [0.5, 0.6) is 0 Å². The molecule has 0 bridgehead atoms. The quantitative estimate of drug-likeness (QED) is 0.831. The van der Waals surface area contributed by atoms with Crippen molar-refractivity contribution in [1.82, 2.24) is 4.90 Å². The fourth-order valence-electron chi connectivity index (χ4n) is 3.00. The highest BCUT2D eigenvalue weighted by Gasteiger charge is 2.24. The fourth-order valence-corrected chi connectivity index (χ4v) is 3.00. The van der Waals surface area contributed by atoms with Gasteiger partial charge in [-0.05, 0) is 50.6 Å². The van der Waals surface area contributed by atoms with Crippen LogP contribution in [0, 0.1) is 18.3 Å². The van der Waals surface area contributed by atoms with Gasteiger partial charge in [-0.25, -0.2) is 0 Å². The van der Waals surface area contributed by atoms with Gasteiger partial charge in [-0.3, -0.25) is 4.90 Å². The summed E-state index contributed by atoms with van der Waals surface area (Å²) in [5.74, 6) is 0. The molecule has 0 N–H and O–H groups in total. The minimum absolute atomic E-state index is 0.628. The van der Waals surface area contributed by atoms with Gasteiger partial charge in [0.05, 0.1) is 11.3 Å². The van der Waals surface area contributed by atoms with Crippen LogP contribution in [0.25, 0.3) is 0 Å². The Hall–Kier alpha value is -1.53. The number of hydrogen-bond acceptors (Lipinski definition) is 3. The predicted octanol–water partition coefficient (Wildman–Crippen LogP) is 2.79. The maximum absolute atomic E-state index is 9.26. The van der Waals surface area contributed by atoms with E-state index in [1.807, 2.05) is 13.0 Å². The topological polar surface area (TPSA) is 30.3 Å². The summed E-state index contributed by atoms with van der Waals surface area (Å²) in [6, 6.07) is 9.06. The Labute approximate surface area is 116 Å². The van der Waals surface area contributed by atoms with Crippen LogP contribution in [0.4, 0.5) is 5.69 Å². The Morgan fingerprint density at radius 1 is 1.47 bits per heavy atom. The molecule has 0 aliphatic carbocycles. The van der Waals surface area contributed by atoms with Crippen molar-refractivity contribution in [3.8, 4) is 6.07 Å². The summed E-state index contributed by atoms with van der Waals surface area (Å²) < 4.78 is 0. The molecule has 1 saturated heterocycles. The normalized spacial score (nSPS) is 19.4. The molecule has 1 aromatic rings. The van der Waals surface area contributed by atoms with E-state index in [4.69, 9.17) is 0 Å². The van der Waals surface area contributed by atoms with E-state index in [-0.39, 0.29) is 0 Å². The van der Waals surface area contributed by atoms with E-state index < -0.39 is 0 Å². The molecule has 102 valence electrons. The van der Waals surface area contributed by atoms with Crippen LogP contribution in [0.3, 0.4) is 0 Å². The van der Waals surface area contributed by atoms with Gasteiger partial charge in [-0.2, -0.15) is 5.26 Å². The van der Waals surface area contributed by atoms with Crippen molar-refractivity contribution in [3.63, 3.8) is 0 Å². The Kier molecular flexibility index (Phi) is 4.44. The third kappa shape index (κ3) is 3.08. The average Bonchev–Trinajstić information content (AvgIpc) is 2.85. The average molecular weight is 257 g/mol. The summed E-state index contributed by atoms with van der Waals surface area (Å²) in [5, 5.41) is 9.26. The maximum atomic E-state index is 9.26. The SMILES string of the molecule is CCN1CCCC1CN(C)c1ccc(C)cc1C#N. The van der Waals surface area contributed by atoms with Crippen LogP contribution >= 0.6 is 0 Å². The van der Waals surface area contributed by atoms with Crippen molar-refractivity contribution in [2.45, 2.75) is 32.7 Å². The molecule has 3 heteroatoms. The first kappa shape index (κ1) is 13.9. The van der Waals surface area contributed by atoms with E-state index >= 15 is 0 Å². The number of nitrogens with zero attached hydrogens (tertiary/aromatic N) is 3. The van der Waals surface area contributed by atoms with Gasteiger partial charge in [0.1, 0.15) is 6.07 Å². The van der Waals surface area contributed by atoms with Crippen LogP contribution in [0.2, 0.25) is 0 Å². The number of hydrogen-bond donors (Lipinski definition) is 0. The zero-order valence-corrected chi connectivity index (χ0v) is 12.2. The van der Waals surface area contributed by atoms with Crippen LogP contribution in [0.15, 0.2) is 18.2 Å². The lowest BCUT2D eigenvalue weighted by Gasteiger charge is -2.29. The van der Waals surface area contributed by atoms with Gasteiger partial charge in [0.15, 0.2) is 0 Å². The van der Waals surface area contributed by atoms with E-state index in [1.165, 1.54) is 19.4 Å². The smallest absolute Gasteiger partial charge is 0.101 e. The standard InChI is InChI=1S/C16H23N3/c1-4-19-9-5-6-15(19)12-18(3)16-8-7-13(2)10-14(16)11-17/h7-8,10,15H,4-6,9,12H2,1-3H3. The first-order valence-corrected chi connectivity index (χ1v) is 7.11. The highest BCUT2D eigenvalue weighted by molar-refractivity contribution is 5.60. The summed E-state index contributed by atoms with van der Waals surface area (Å²) in [5.41, 5.74) is 2.98. The number of aryl methyl sites for hydroxylation is 1. The first-order valence-electron chi connectivity index (χ1n) is 7.11. The Morgan fingerprint density at radius 2 is 2.26 bits per heavy atom. The molecule has 19 heavy (non-hydrogen) atoms. The molecular formula is C16H23N3. The van der Waals surface area contributed by atoms with Crippen molar-refractivity contribution in [3.05, 3.63) is 29.3 Å². The molecule has 1 aliphatic rings. The van der Waals surface area contributed by atoms with E-state index in [2.05, 4.69) is 42.0 Å². The molecular weight excluding hydrogens is 234 g/mol. The second kappa shape index (κ2) is 6.08. The van der Waals surface area contributed by atoms with Crippen LogP contribution in [-0.4, -0.2) is 37.6 Å². The molecule has 1 heterocycles. The van der Waals surface area contributed by atoms with E-state index in [9.17, 15) is 5.26 Å². The number of likely N-dealkylation sites (N-methyl/N-ethyl adjacent to an activating group) is 2. The number of likely N-dealkylation sites (tertiary alicyclic amines) is 1. The van der Waals surface area contributed by atoms with Gasteiger partial charge in [0.25, 0.3) is 0 Å². The zero-order chi connectivity index (χ0) is 13.8. The number of rotatable bonds is 4. The number of benzene rings is 1. The van der Waals surface area contributed by atoms with Crippen molar-refractivity contribution in [1.29, 1.82) is 5.26 Å². The molecule has 0 radical (unpaired) electrons. The van der Waals surface area contributed by atoms with Crippen molar-refractivity contribution < 1.29 is 0 Å². The molecule has 1 aromatic carbocycles. The van der Waals surface area contributed by atoms with Gasteiger partial charge in [-0.15, -0.1) is 0 Å². The van der Waals surface area contributed by atoms with Gasteiger partial charge >= 0.3 is 0 Å². The van der Waals surface area contributed by atoms with Gasteiger partial charge in [0, 0.05) is 19.6 Å². The lowest BCUT2D eigenvalue weighted by atomic mass is 10.1. The molecule has 0 amide bonds. The van der Waals surface area contributed by atoms with Gasteiger partial charge in [-0.1, -0.05) is 13.0 Å². The molecule has 1 aliphatic heterocycles. The number of nitriles is 1. The molecule has 1 atom stereocenters. The second-order valence-corrected chi connectivity index (χ2v) is 5.44. The molecule has 0 spiro atoms. The monoisotopic (exact) mass is 257 g/mol. The summed E-state index contributed by atoms with van der Waals surface area (Å²) in [6.45, 7) is 7.60. The molecule has 2 rings (SSSR count). The van der Waals surface area contributed by atoms with Gasteiger partial charge < -0.3 is 4.90 Å². The summed E-state index contributed by atoms with van der Waals surface area (Å²) >= 11 is 0. The minimum Gasteiger partial charge on any atom is -0.372 e. The molecule has 0 aromatic heterocycles. The van der Waals surface area contributed by atoms with Crippen LogP contribution in [0.1, 0.15) is 30.9 Å². The maximum Gasteiger partial charge on any atom is 0.101 e. The highest BCUT2D eigenvalue weighted by atomic mass is 15.2. The highest BCUT2D eigenvalue weighted by Crippen LogP contribution is 2.23. The minimum atomic E-state index is 0.628. The fraction of sp³-hybridized carbons (Fsp3) is 0.562. The molecule has 0 saturated carbocycles. The molecule has 1 fully saturated rings. The van der Waals surface area contributed by atoms with E-state index in [0.29, 0.717) is 6.04 Å². The molecule has 1 unspecified atom stereocenters. The Morgan fingerprint density at radius 3 is 2.95 bits per heavy atom. The first-order chi connectivity index (χ1) is 9.15. The van der Waals surface area contributed by atoms with Crippen LogP contribution in [-0.2, 0) is 0 Å². The third-order valence-corrected chi connectivity index (χ3v) is 4.07. The zero-order valence-electron chi connectivity index (χ0n) is 12.2. The van der Waals surface area contributed by atoms with Crippen molar-refractivity contribution in [2.75, 3.05) is 31.6 Å². The van der Waals surface area contributed by atoms with Crippen molar-refractivity contribution in [2.24, 2.45) is 0 Å². The van der Waals surface area contributed by atoms with E-state index in [1.54, 1.807) is 0 Å². The largest absolute Gasteiger partial charge is 0.372 e. The summed E-state index contributed by atoms with van der Waals surface area (Å²) in [7, 11) is 2.09. The number of anilines is 1. The Bertz CT molecular complexity index is 475. The third-order valence-electron chi connectivity index (χ3n) is 4.07. The second-order valence-electron chi connectivity index (χ2n) is 5.44.